The van der Waals surface area contributed by atoms with Crippen molar-refractivity contribution >= 4 is 46.5 Å². The number of nitro groups is 1. The summed E-state index contributed by atoms with van der Waals surface area (Å²) < 4.78 is 2.76. The van der Waals surface area contributed by atoms with Crippen LogP contribution in [-0.4, -0.2) is 36.9 Å². The van der Waals surface area contributed by atoms with Crippen molar-refractivity contribution in [3.8, 4) is 0 Å². The lowest BCUT2D eigenvalue weighted by Gasteiger charge is -2.06. The summed E-state index contributed by atoms with van der Waals surface area (Å²) in [6.07, 6.45) is 0.585. The van der Waals surface area contributed by atoms with Crippen LogP contribution in [0.4, 0.5) is 5.82 Å². The van der Waals surface area contributed by atoms with E-state index < -0.39 is 10.7 Å². The first-order valence-corrected chi connectivity index (χ1v) is 8.38. The van der Waals surface area contributed by atoms with E-state index in [0.717, 1.165) is 0 Å². The second-order valence-electron chi connectivity index (χ2n) is 5.25. The summed E-state index contributed by atoms with van der Waals surface area (Å²) in [6, 6.07) is 0. The van der Waals surface area contributed by atoms with Crippen molar-refractivity contribution in [2.45, 2.75) is 33.4 Å². The van der Waals surface area contributed by atoms with E-state index in [1.54, 1.807) is 18.5 Å². The van der Waals surface area contributed by atoms with Gasteiger partial charge < -0.3 is 15.4 Å². The van der Waals surface area contributed by atoms with E-state index >= 15 is 0 Å². The van der Waals surface area contributed by atoms with Gasteiger partial charge in [0.25, 0.3) is 0 Å². The van der Waals surface area contributed by atoms with Crippen molar-refractivity contribution in [3.05, 3.63) is 36.7 Å². The molecule has 0 unspecified atom stereocenters. The van der Waals surface area contributed by atoms with E-state index in [1.165, 1.54) is 4.68 Å². The van der Waals surface area contributed by atoms with Crippen LogP contribution >= 0.6 is 34.8 Å². The lowest BCUT2D eigenvalue weighted by atomic mass is 10.4. The molecule has 0 saturated carbocycles. The molecule has 0 saturated heterocycles. The first-order chi connectivity index (χ1) is 11.7. The lowest BCUT2D eigenvalue weighted by molar-refractivity contribution is -0.389. The first kappa shape index (κ1) is 19.5. The molecule has 9 nitrogen and oxygen atoms in total. The zero-order valence-electron chi connectivity index (χ0n) is 13.4. The van der Waals surface area contributed by atoms with Gasteiger partial charge in [-0.3, -0.25) is 9.48 Å². The Hall–Kier alpha value is -1.84. The predicted octanol–water partition coefficient (Wildman–Crippen LogP) is 2.77. The van der Waals surface area contributed by atoms with E-state index in [9.17, 15) is 14.9 Å². The maximum absolute atomic E-state index is 11.9. The molecule has 0 aromatic carbocycles. The fraction of sp³-hybridized carbons (Fsp3) is 0.462. The Kier molecular flexibility index (Phi) is 6.26. The number of amides is 1. The van der Waals surface area contributed by atoms with E-state index in [-0.39, 0.29) is 17.5 Å². The number of hydrogen-bond acceptors (Lipinski definition) is 5. The Morgan fingerprint density at radius 1 is 1.20 bits per heavy atom. The minimum atomic E-state index is -0.690. The van der Waals surface area contributed by atoms with Gasteiger partial charge in [0.05, 0.1) is 16.5 Å². The van der Waals surface area contributed by atoms with Crippen LogP contribution in [0.1, 0.15) is 17.8 Å². The Bertz CT molecular complexity index is 817. The first-order valence-electron chi connectivity index (χ1n) is 7.24. The van der Waals surface area contributed by atoms with Gasteiger partial charge in [0.1, 0.15) is 16.7 Å². The summed E-state index contributed by atoms with van der Waals surface area (Å²) in [6.45, 7) is 4.02. The fourth-order valence-electron chi connectivity index (χ4n) is 2.11. The smallest absolute Gasteiger partial charge is 0.358 e. The molecule has 0 aliphatic carbocycles. The highest BCUT2D eigenvalue weighted by molar-refractivity contribution is 6.41. The molecule has 0 spiro atoms. The molecule has 0 aliphatic heterocycles. The summed E-state index contributed by atoms with van der Waals surface area (Å²) in [5.74, 6) is -0.800. The van der Waals surface area contributed by atoms with Gasteiger partial charge in [-0.2, -0.15) is 9.78 Å². The Morgan fingerprint density at radius 3 is 2.40 bits per heavy atom. The molecule has 12 heteroatoms. The van der Waals surface area contributed by atoms with Crippen LogP contribution < -0.4 is 5.32 Å². The maximum Gasteiger partial charge on any atom is 0.408 e. The second kappa shape index (κ2) is 8.03. The third kappa shape index (κ3) is 4.42. The number of rotatable bonds is 7. The Labute approximate surface area is 158 Å². The molecule has 136 valence electrons. The predicted molar refractivity (Wildman–Crippen MR) is 93.2 cm³/mol. The van der Waals surface area contributed by atoms with Gasteiger partial charge >= 0.3 is 5.82 Å². The summed E-state index contributed by atoms with van der Waals surface area (Å²) in [7, 11) is 0. The average Bonchev–Trinajstić information content (AvgIpc) is 2.97. The van der Waals surface area contributed by atoms with Gasteiger partial charge in [-0.1, -0.05) is 34.8 Å². The van der Waals surface area contributed by atoms with Gasteiger partial charge in [0, 0.05) is 13.1 Å². The van der Waals surface area contributed by atoms with Crippen LogP contribution in [0.5, 0.6) is 0 Å². The molecule has 0 fully saturated rings. The van der Waals surface area contributed by atoms with Gasteiger partial charge in [-0.25, -0.2) is 0 Å². The van der Waals surface area contributed by atoms with Crippen LogP contribution in [0.2, 0.25) is 15.2 Å². The van der Waals surface area contributed by atoms with Crippen LogP contribution in [0.15, 0.2) is 0 Å². The standard InChI is InChI=1S/C13H15Cl3N6O3/c1-7-10(14)12(16)20(18-7)5-3-4-17-9(23)6-21-8(2)11(15)13(19-21)22(24)25/h3-6H2,1-2H3,(H,17,23). The van der Waals surface area contributed by atoms with Crippen molar-refractivity contribution in [2.75, 3.05) is 6.54 Å². The minimum Gasteiger partial charge on any atom is -0.358 e. The highest BCUT2D eigenvalue weighted by atomic mass is 35.5. The normalized spacial score (nSPS) is 10.9. The second-order valence-corrected chi connectivity index (χ2v) is 6.37. The Morgan fingerprint density at radius 2 is 1.88 bits per heavy atom. The third-order valence-corrected chi connectivity index (χ3v) is 4.82. The minimum absolute atomic E-state index is 0.0710. The maximum atomic E-state index is 11.9. The number of carbonyl (C=O) groups excluding carboxylic acids is 1. The molecule has 2 aromatic heterocycles. The number of nitrogens with zero attached hydrogens (tertiary/aromatic N) is 5. The molecule has 2 heterocycles. The summed E-state index contributed by atoms with van der Waals surface area (Å²) in [5.41, 5.74) is 1.00. The van der Waals surface area contributed by atoms with Gasteiger partial charge in [-0.05, 0) is 25.2 Å². The van der Waals surface area contributed by atoms with Crippen molar-refractivity contribution in [3.63, 3.8) is 0 Å². The van der Waals surface area contributed by atoms with Crippen molar-refractivity contribution in [1.82, 2.24) is 24.9 Å². The van der Waals surface area contributed by atoms with E-state index in [2.05, 4.69) is 15.5 Å². The molecule has 0 radical (unpaired) electrons. The number of carbonyl (C=O) groups is 1. The topological polar surface area (TPSA) is 108 Å². The molecule has 0 bridgehead atoms. The average molecular weight is 410 g/mol. The van der Waals surface area contributed by atoms with Gasteiger partial charge in [-0.15, -0.1) is 0 Å². The van der Waals surface area contributed by atoms with Crippen LogP contribution in [-0.2, 0) is 17.9 Å². The monoisotopic (exact) mass is 408 g/mol. The fourth-order valence-corrected chi connectivity index (χ4v) is 2.71. The zero-order chi connectivity index (χ0) is 18.7. The third-order valence-electron chi connectivity index (χ3n) is 3.45. The molecule has 2 aromatic rings. The molecule has 1 amide bonds. The molecule has 1 N–H and O–H groups in total. The van der Waals surface area contributed by atoms with E-state index in [1.807, 2.05) is 0 Å². The number of halogens is 3. The van der Waals surface area contributed by atoms with Crippen LogP contribution in [0.3, 0.4) is 0 Å². The highest BCUT2D eigenvalue weighted by Crippen LogP contribution is 2.26. The number of aryl methyl sites for hydroxylation is 2. The number of nitrogens with one attached hydrogen (secondary N) is 1. The van der Waals surface area contributed by atoms with Crippen molar-refractivity contribution in [2.24, 2.45) is 0 Å². The van der Waals surface area contributed by atoms with E-state index in [0.29, 0.717) is 41.1 Å². The summed E-state index contributed by atoms with van der Waals surface area (Å²) >= 11 is 17.8. The molecular weight excluding hydrogens is 395 g/mol. The largest absolute Gasteiger partial charge is 0.408 e. The summed E-state index contributed by atoms with van der Waals surface area (Å²) in [5, 5.41) is 22.1. The van der Waals surface area contributed by atoms with Crippen LogP contribution in [0, 0.1) is 24.0 Å². The SMILES string of the molecule is Cc1nn(CCCNC(=O)Cn2nc([N+](=O)[O-])c(Cl)c2C)c(Cl)c1Cl. The molecule has 0 atom stereocenters. The van der Waals surface area contributed by atoms with Crippen LogP contribution in [0.25, 0.3) is 0 Å². The molecule has 0 aliphatic rings. The summed E-state index contributed by atoms with van der Waals surface area (Å²) in [4.78, 5) is 22.0. The lowest BCUT2D eigenvalue weighted by Crippen LogP contribution is -2.29. The van der Waals surface area contributed by atoms with E-state index in [4.69, 9.17) is 34.8 Å². The van der Waals surface area contributed by atoms with Gasteiger partial charge in [0.2, 0.25) is 5.91 Å². The van der Waals surface area contributed by atoms with Crippen molar-refractivity contribution < 1.29 is 9.72 Å². The number of aromatic nitrogens is 4. The quantitative estimate of drug-likeness (QED) is 0.430. The molecule has 25 heavy (non-hydrogen) atoms. The van der Waals surface area contributed by atoms with Gasteiger partial charge in [0.15, 0.2) is 5.02 Å². The zero-order valence-corrected chi connectivity index (χ0v) is 15.7. The molecular formula is C13H15Cl3N6O3. The van der Waals surface area contributed by atoms with Crippen molar-refractivity contribution in [1.29, 1.82) is 0 Å². The highest BCUT2D eigenvalue weighted by Gasteiger charge is 2.24. The molecule has 2 rings (SSSR count). The number of hydrogen-bond donors (Lipinski definition) is 1. The Balaban J connectivity index is 1.84.